The fourth-order valence-corrected chi connectivity index (χ4v) is 3.59. The number of halogens is 1. The molecule has 1 atom stereocenters. The molecule has 0 heterocycles. The molecule has 0 radical (unpaired) electrons. The van der Waals surface area contributed by atoms with Crippen LogP contribution >= 0.6 is 0 Å². The first-order chi connectivity index (χ1) is 16.1. The predicted octanol–water partition coefficient (Wildman–Crippen LogP) is 7.41. The number of carbonyl (C=O) groups excluding carboxylic acids is 1. The summed E-state index contributed by atoms with van der Waals surface area (Å²) < 4.78 is 19.6. The molecule has 0 aromatic heterocycles. The Labute approximate surface area is 193 Å². The lowest BCUT2D eigenvalue weighted by molar-refractivity contribution is 0.189. The third-order valence-electron chi connectivity index (χ3n) is 5.32. The molecular formula is C28H25FN2O2. The normalized spacial score (nSPS) is 11.5. The summed E-state index contributed by atoms with van der Waals surface area (Å²) in [5.41, 5.74) is 2.33. The molecule has 1 N–H and O–H groups in total. The standard InChI is InChI=1S/C28H25FN2O2/c1-21(23-11-4-2-5-12-23)31(28(32)30-25-14-9-13-24(29)19-25)20-22-10-8-17-27(18-22)33-26-15-6-3-7-16-26/h2-19,21H,20H2,1H3,(H,30,32). The van der Waals surface area contributed by atoms with Crippen LogP contribution in [-0.4, -0.2) is 10.9 Å². The van der Waals surface area contributed by atoms with E-state index in [0.29, 0.717) is 18.0 Å². The van der Waals surface area contributed by atoms with Crippen molar-refractivity contribution in [3.8, 4) is 11.5 Å². The van der Waals surface area contributed by atoms with Crippen molar-refractivity contribution in [3.63, 3.8) is 0 Å². The number of benzene rings is 4. The van der Waals surface area contributed by atoms with Gasteiger partial charge in [-0.2, -0.15) is 0 Å². The molecule has 4 aromatic carbocycles. The van der Waals surface area contributed by atoms with Gasteiger partial charge in [0.1, 0.15) is 17.3 Å². The Balaban J connectivity index is 1.58. The van der Waals surface area contributed by atoms with Gasteiger partial charge in [0, 0.05) is 12.2 Å². The minimum atomic E-state index is -0.402. The van der Waals surface area contributed by atoms with E-state index in [4.69, 9.17) is 4.74 Å². The van der Waals surface area contributed by atoms with E-state index >= 15 is 0 Å². The van der Waals surface area contributed by atoms with Crippen molar-refractivity contribution in [2.24, 2.45) is 0 Å². The smallest absolute Gasteiger partial charge is 0.322 e. The van der Waals surface area contributed by atoms with Gasteiger partial charge in [0.05, 0.1) is 6.04 Å². The Morgan fingerprint density at radius 1 is 0.848 bits per heavy atom. The molecule has 0 aliphatic heterocycles. The summed E-state index contributed by atoms with van der Waals surface area (Å²) in [7, 11) is 0. The monoisotopic (exact) mass is 440 g/mol. The summed E-state index contributed by atoms with van der Waals surface area (Å²) in [6, 6.07) is 32.4. The second-order valence-electron chi connectivity index (χ2n) is 7.72. The first-order valence-corrected chi connectivity index (χ1v) is 10.8. The van der Waals surface area contributed by atoms with Crippen molar-refractivity contribution in [1.29, 1.82) is 0 Å². The van der Waals surface area contributed by atoms with E-state index < -0.39 is 5.82 Å². The van der Waals surface area contributed by atoms with Crippen LogP contribution in [0.5, 0.6) is 11.5 Å². The lowest BCUT2D eigenvalue weighted by Crippen LogP contribution is -2.36. The van der Waals surface area contributed by atoms with Crippen molar-refractivity contribution in [2.75, 3.05) is 5.32 Å². The Bertz CT molecular complexity index is 1200. The van der Waals surface area contributed by atoms with Crippen LogP contribution in [0.2, 0.25) is 0 Å². The van der Waals surface area contributed by atoms with Crippen LogP contribution in [0.3, 0.4) is 0 Å². The van der Waals surface area contributed by atoms with Gasteiger partial charge in [-0.25, -0.2) is 9.18 Å². The summed E-state index contributed by atoms with van der Waals surface area (Å²) >= 11 is 0. The molecular weight excluding hydrogens is 415 g/mol. The quantitative estimate of drug-likeness (QED) is 0.325. The number of urea groups is 1. The zero-order chi connectivity index (χ0) is 23.0. The van der Waals surface area contributed by atoms with Crippen LogP contribution in [0.25, 0.3) is 0 Å². The Morgan fingerprint density at radius 2 is 1.52 bits per heavy atom. The molecule has 4 nitrogen and oxygen atoms in total. The third kappa shape index (κ3) is 5.98. The summed E-state index contributed by atoms with van der Waals surface area (Å²) in [5, 5.41) is 2.82. The number of para-hydroxylation sites is 1. The molecule has 0 spiro atoms. The predicted molar refractivity (Wildman–Crippen MR) is 129 cm³/mol. The van der Waals surface area contributed by atoms with Crippen molar-refractivity contribution in [3.05, 3.63) is 126 Å². The Hall–Kier alpha value is -4.12. The highest BCUT2D eigenvalue weighted by molar-refractivity contribution is 5.89. The second kappa shape index (κ2) is 10.5. The van der Waals surface area contributed by atoms with Crippen molar-refractivity contribution < 1.29 is 13.9 Å². The fraction of sp³-hybridized carbons (Fsp3) is 0.107. The molecule has 0 saturated carbocycles. The maximum absolute atomic E-state index is 13.6. The number of rotatable bonds is 7. The maximum Gasteiger partial charge on any atom is 0.322 e. The van der Waals surface area contributed by atoms with Crippen LogP contribution in [0.15, 0.2) is 109 Å². The minimum absolute atomic E-state index is 0.210. The van der Waals surface area contributed by atoms with E-state index in [9.17, 15) is 9.18 Å². The number of ether oxygens (including phenoxy) is 1. The van der Waals surface area contributed by atoms with E-state index in [0.717, 1.165) is 16.9 Å². The fourth-order valence-electron chi connectivity index (χ4n) is 3.59. The number of nitrogens with zero attached hydrogens (tertiary/aromatic N) is 1. The number of nitrogens with one attached hydrogen (secondary N) is 1. The largest absolute Gasteiger partial charge is 0.457 e. The molecule has 166 valence electrons. The van der Waals surface area contributed by atoms with Gasteiger partial charge in [-0.15, -0.1) is 0 Å². The second-order valence-corrected chi connectivity index (χ2v) is 7.72. The number of carbonyl (C=O) groups is 1. The van der Waals surface area contributed by atoms with E-state index in [-0.39, 0.29) is 12.1 Å². The number of hydrogen-bond acceptors (Lipinski definition) is 2. The van der Waals surface area contributed by atoms with Crippen LogP contribution in [0, 0.1) is 5.82 Å². The average Bonchev–Trinajstić information content (AvgIpc) is 2.83. The summed E-state index contributed by atoms with van der Waals surface area (Å²) in [4.78, 5) is 15.0. The Morgan fingerprint density at radius 3 is 2.24 bits per heavy atom. The number of hydrogen-bond donors (Lipinski definition) is 1. The van der Waals surface area contributed by atoms with Crippen LogP contribution in [0.4, 0.5) is 14.9 Å². The summed E-state index contributed by atoms with van der Waals surface area (Å²) in [6.07, 6.45) is 0. The van der Waals surface area contributed by atoms with Gasteiger partial charge in [0.2, 0.25) is 0 Å². The summed E-state index contributed by atoms with van der Waals surface area (Å²) in [5.74, 6) is 1.03. The first kappa shape index (κ1) is 22.1. The van der Waals surface area contributed by atoms with Gasteiger partial charge in [0.25, 0.3) is 0 Å². The maximum atomic E-state index is 13.6. The van der Waals surface area contributed by atoms with Gasteiger partial charge >= 0.3 is 6.03 Å². The molecule has 33 heavy (non-hydrogen) atoms. The average molecular weight is 441 g/mol. The first-order valence-electron chi connectivity index (χ1n) is 10.8. The molecule has 5 heteroatoms. The number of anilines is 1. The highest BCUT2D eigenvalue weighted by Gasteiger charge is 2.22. The van der Waals surface area contributed by atoms with Gasteiger partial charge in [0.15, 0.2) is 0 Å². The molecule has 2 amide bonds. The molecule has 0 fully saturated rings. The molecule has 0 aliphatic rings. The zero-order valence-corrected chi connectivity index (χ0v) is 18.3. The molecule has 0 aliphatic carbocycles. The molecule has 0 bridgehead atoms. The highest BCUT2D eigenvalue weighted by atomic mass is 19.1. The van der Waals surface area contributed by atoms with Gasteiger partial charge < -0.3 is 15.0 Å². The molecule has 4 rings (SSSR count). The molecule has 4 aromatic rings. The Kier molecular flexibility index (Phi) is 7.00. The van der Waals surface area contributed by atoms with Crippen LogP contribution < -0.4 is 10.1 Å². The van der Waals surface area contributed by atoms with Gasteiger partial charge in [-0.3, -0.25) is 0 Å². The lowest BCUT2D eigenvalue weighted by atomic mass is 10.1. The topological polar surface area (TPSA) is 41.6 Å². The minimum Gasteiger partial charge on any atom is -0.457 e. The SMILES string of the molecule is CC(c1ccccc1)N(Cc1cccc(Oc2ccccc2)c1)C(=O)Nc1cccc(F)c1. The van der Waals surface area contributed by atoms with Crippen LogP contribution in [-0.2, 0) is 6.54 Å². The van der Waals surface area contributed by atoms with E-state index in [1.165, 1.54) is 12.1 Å². The lowest BCUT2D eigenvalue weighted by Gasteiger charge is -2.30. The van der Waals surface area contributed by atoms with Crippen molar-refractivity contribution in [1.82, 2.24) is 4.90 Å². The molecule has 1 unspecified atom stereocenters. The highest BCUT2D eigenvalue weighted by Crippen LogP contribution is 2.27. The zero-order valence-electron chi connectivity index (χ0n) is 18.3. The van der Waals surface area contributed by atoms with Gasteiger partial charge in [-0.1, -0.05) is 66.7 Å². The van der Waals surface area contributed by atoms with Crippen LogP contribution in [0.1, 0.15) is 24.1 Å². The molecule has 0 saturated heterocycles. The third-order valence-corrected chi connectivity index (χ3v) is 5.32. The van der Waals surface area contributed by atoms with E-state index in [1.807, 2.05) is 91.9 Å². The van der Waals surface area contributed by atoms with E-state index in [2.05, 4.69) is 5.32 Å². The van der Waals surface area contributed by atoms with Crippen molar-refractivity contribution >= 4 is 11.7 Å². The number of amides is 2. The van der Waals surface area contributed by atoms with E-state index in [1.54, 1.807) is 17.0 Å². The van der Waals surface area contributed by atoms with Gasteiger partial charge in [-0.05, 0) is 60.5 Å². The van der Waals surface area contributed by atoms with Crippen molar-refractivity contribution in [2.45, 2.75) is 19.5 Å². The summed E-state index contributed by atoms with van der Waals surface area (Å²) in [6.45, 7) is 2.33.